The zero-order chi connectivity index (χ0) is 56.4. The zero-order valence-electron chi connectivity index (χ0n) is 35.8. The van der Waals surface area contributed by atoms with Crippen LogP contribution in [0.4, 0.5) is 0 Å². The quantitative estimate of drug-likeness (QED) is 0.0378. The monoisotopic (exact) mass is 1210 g/mol. The van der Waals surface area contributed by atoms with Crippen molar-refractivity contribution >= 4 is 74.1 Å². The number of rotatable bonds is 25. The van der Waals surface area contributed by atoms with Crippen LogP contribution in [0.15, 0.2) is 0 Å². The van der Waals surface area contributed by atoms with Crippen LogP contribution >= 0.6 is 0 Å². The first kappa shape index (κ1) is 64.1. The van der Waals surface area contributed by atoms with Gasteiger partial charge in [-0.2, -0.15) is 60.0 Å². The molecule has 17 N–H and O–H groups in total. The van der Waals surface area contributed by atoms with Gasteiger partial charge in [-0.1, -0.05) is 0 Å². The van der Waals surface area contributed by atoms with Crippen LogP contribution in [0, 0.1) is 0 Å². The number of ether oxygens (including phenoxy) is 8. The molecule has 4 saturated heterocycles. The fraction of sp³-hybridized carbons (Fsp3) is 0.923. The molecule has 4 fully saturated rings. The van der Waals surface area contributed by atoms with Crippen molar-refractivity contribution in [3.8, 4) is 0 Å². The second-order valence-electron chi connectivity index (χ2n) is 15.2. The number of aliphatic hydroxyl groups excluding tert-OH is 5. The number of carbonyl (C=O) groups is 2. The topological polar surface area (TPSA) is 663 Å². The van der Waals surface area contributed by atoms with E-state index < -0.39 is 217 Å². The molecular weight excluding hydrogens is 1170 g/mol. The minimum absolute atomic E-state index is 0.386. The summed E-state index contributed by atoms with van der Waals surface area (Å²) in [5.74, 6) is -4.51. The number of carboxylic acids is 2. The zero-order valence-corrected chi connectivity index (χ0v) is 40.7. The Hall–Kier alpha value is -2.40. The van der Waals surface area contributed by atoms with Crippen molar-refractivity contribution in [2.45, 2.75) is 123 Å². The molecule has 0 amide bonds. The maximum Gasteiger partial charge on any atom is 0.397 e. The molecule has 0 saturated carbocycles. The van der Waals surface area contributed by atoms with E-state index in [0.717, 1.165) is 0 Å². The van der Waals surface area contributed by atoms with E-state index in [-0.39, 0.29) is 6.54 Å². The standard InChI is InChI=1S/C26H45N3O39S6/c27-1-2-57-25-17(67-73(51,52)53)12(33)15(19(65-25)21(35)36)64-24-8(29-70(42,43)44)11(32)14(6(61-24)4-59-72(48,49)50)62-26-18(68-74(54,55)56)13(34)16(20(66-26)22(37)38)63-23-7(28-69(39,40)41)10(31)9(30)5(60-23)3-58-71(45,46)47/h5-20,23-26,28-34H,1-4,27H2,(H,35,36)(H,37,38)(H,39,40,41)(H,42,43,44)(H,45,46,47)(H,48,49,50)(H,51,52,53)(H,54,55,56)/t5-,6-,7-,8-,9-,10-,11-,12+,13+,14-,15+,16+,17-,18-,19-,20-,23-,24-,25-,26-/m1/s1. The molecular formula is C26H45N3O39S6. The molecule has 20 atom stereocenters. The van der Waals surface area contributed by atoms with Gasteiger partial charge in [-0.3, -0.25) is 27.3 Å². The van der Waals surface area contributed by atoms with E-state index in [9.17, 15) is 119 Å². The third kappa shape index (κ3) is 18.4. The van der Waals surface area contributed by atoms with E-state index in [0.29, 0.717) is 0 Å². The Kier molecular flexibility index (Phi) is 21.4. The minimum atomic E-state index is -6.05. The first-order valence-electron chi connectivity index (χ1n) is 19.4. The number of carboxylic acid groups (broad SMARTS) is 2. The molecule has 48 heteroatoms. The van der Waals surface area contributed by atoms with Crippen LogP contribution in [-0.4, -0.2) is 275 Å². The Balaban J connectivity index is 1.81. The van der Waals surface area contributed by atoms with Crippen molar-refractivity contribution in [2.75, 3.05) is 26.4 Å². The lowest BCUT2D eigenvalue weighted by Crippen LogP contribution is -2.70. The summed E-state index contributed by atoms with van der Waals surface area (Å²) in [5.41, 5.74) is 5.32. The maximum atomic E-state index is 12.7. The smallest absolute Gasteiger partial charge is 0.397 e. The minimum Gasteiger partial charge on any atom is -0.479 e. The van der Waals surface area contributed by atoms with Gasteiger partial charge in [-0.15, -0.1) is 0 Å². The second-order valence-corrected chi connectivity index (χ2v) is 21.8. The largest absolute Gasteiger partial charge is 0.479 e. The highest BCUT2D eigenvalue weighted by Crippen LogP contribution is 2.37. The lowest BCUT2D eigenvalue weighted by atomic mass is 9.94. The van der Waals surface area contributed by atoms with E-state index in [1.165, 1.54) is 9.44 Å². The van der Waals surface area contributed by atoms with E-state index >= 15 is 0 Å². The Labute approximate surface area is 414 Å². The van der Waals surface area contributed by atoms with E-state index in [2.05, 4.69) is 16.7 Å². The van der Waals surface area contributed by atoms with Crippen molar-refractivity contribution in [3.63, 3.8) is 0 Å². The number of aliphatic hydroxyl groups is 5. The van der Waals surface area contributed by atoms with Crippen LogP contribution in [0.25, 0.3) is 0 Å². The number of hydrogen-bond acceptors (Lipinski definition) is 32. The summed E-state index contributed by atoms with van der Waals surface area (Å²) in [6.45, 7) is -4.23. The van der Waals surface area contributed by atoms with Crippen LogP contribution in [0.2, 0.25) is 0 Å². The average Bonchev–Trinajstić information content (AvgIpc) is 3.22. The molecule has 4 aliphatic heterocycles. The van der Waals surface area contributed by atoms with E-state index in [1.807, 2.05) is 0 Å². The van der Waals surface area contributed by atoms with Gasteiger partial charge in [0.25, 0.3) is 0 Å². The van der Waals surface area contributed by atoms with Crippen molar-refractivity contribution in [2.24, 2.45) is 5.73 Å². The van der Waals surface area contributed by atoms with Gasteiger partial charge >= 0.3 is 74.1 Å². The highest BCUT2D eigenvalue weighted by molar-refractivity contribution is 7.84. The maximum absolute atomic E-state index is 12.7. The van der Waals surface area contributed by atoms with Crippen molar-refractivity contribution in [1.29, 1.82) is 0 Å². The second kappa shape index (κ2) is 24.7. The van der Waals surface area contributed by atoms with Crippen LogP contribution in [-0.2, 0) is 126 Å². The highest BCUT2D eigenvalue weighted by atomic mass is 32.3. The number of aliphatic carboxylic acids is 2. The molecule has 4 heterocycles. The molecule has 0 aromatic carbocycles. The van der Waals surface area contributed by atoms with Gasteiger partial charge in [-0.25, -0.2) is 26.3 Å². The summed E-state index contributed by atoms with van der Waals surface area (Å²) >= 11 is 0. The number of nitrogens with one attached hydrogen (secondary N) is 2. The average molecular weight is 1220 g/mol. The highest BCUT2D eigenvalue weighted by Gasteiger charge is 2.60. The molecule has 0 spiro atoms. The van der Waals surface area contributed by atoms with Crippen molar-refractivity contribution < 1.29 is 178 Å². The normalized spacial score (nSPS) is 38.1. The summed E-state index contributed by atoms with van der Waals surface area (Å²) in [6.07, 6.45) is -49.4. The summed E-state index contributed by atoms with van der Waals surface area (Å²) in [7, 11) is -34.2. The van der Waals surface area contributed by atoms with E-state index in [1.54, 1.807) is 0 Å². The van der Waals surface area contributed by atoms with Gasteiger partial charge in [0.15, 0.2) is 49.6 Å². The van der Waals surface area contributed by atoms with Crippen molar-refractivity contribution in [3.05, 3.63) is 0 Å². The fourth-order valence-electron chi connectivity index (χ4n) is 7.16. The summed E-state index contributed by atoms with van der Waals surface area (Å²) < 4.78 is 260. The molecule has 74 heavy (non-hydrogen) atoms. The molecule has 4 aliphatic rings. The van der Waals surface area contributed by atoms with Crippen LogP contribution in [0.1, 0.15) is 0 Å². The van der Waals surface area contributed by atoms with Crippen molar-refractivity contribution in [1.82, 2.24) is 9.44 Å². The molecule has 42 nitrogen and oxygen atoms in total. The van der Waals surface area contributed by atoms with Crippen LogP contribution in [0.5, 0.6) is 0 Å². The predicted molar refractivity (Wildman–Crippen MR) is 214 cm³/mol. The Morgan fingerprint density at radius 1 is 0.459 bits per heavy atom. The molecule has 0 unspecified atom stereocenters. The molecule has 0 aromatic rings. The van der Waals surface area contributed by atoms with E-state index in [4.69, 9.17) is 48.2 Å². The summed E-state index contributed by atoms with van der Waals surface area (Å²) in [6, 6.07) is -5.39. The third-order valence-corrected chi connectivity index (χ3v) is 12.9. The van der Waals surface area contributed by atoms with Gasteiger partial charge in [0.05, 0.1) is 19.8 Å². The first-order chi connectivity index (χ1) is 33.6. The van der Waals surface area contributed by atoms with Gasteiger partial charge < -0.3 is 79.4 Å². The van der Waals surface area contributed by atoms with Gasteiger partial charge in [0.2, 0.25) is 0 Å². The lowest BCUT2D eigenvalue weighted by molar-refractivity contribution is -0.367. The number of nitrogens with two attached hydrogens (primary N) is 1. The third-order valence-electron chi connectivity index (χ3n) is 9.97. The molecule has 0 radical (unpaired) electrons. The molecule has 4 rings (SSSR count). The van der Waals surface area contributed by atoms with Gasteiger partial charge in [0, 0.05) is 6.54 Å². The summed E-state index contributed by atoms with van der Waals surface area (Å²) in [5, 5.41) is 75.8. The first-order valence-corrected chi connectivity index (χ1v) is 27.7. The van der Waals surface area contributed by atoms with Gasteiger partial charge in [-0.05, 0) is 0 Å². The molecule has 0 aromatic heterocycles. The Bertz CT molecular complexity index is 2640. The Morgan fingerprint density at radius 3 is 1.23 bits per heavy atom. The summed E-state index contributed by atoms with van der Waals surface area (Å²) in [4.78, 5) is 25.1. The predicted octanol–water partition coefficient (Wildman–Crippen LogP) is -11.5. The Morgan fingerprint density at radius 2 is 0.838 bits per heavy atom. The molecule has 434 valence electrons. The molecule has 0 aliphatic carbocycles. The van der Waals surface area contributed by atoms with Gasteiger partial charge in [0.1, 0.15) is 73.1 Å². The van der Waals surface area contributed by atoms with Crippen LogP contribution in [0.3, 0.4) is 0 Å². The number of hydrogen-bond donors (Lipinski definition) is 16. The van der Waals surface area contributed by atoms with Crippen LogP contribution < -0.4 is 15.2 Å². The fourth-order valence-corrected chi connectivity index (χ4v) is 9.93. The SMILES string of the molecule is NCCO[C@@H]1O[C@@H](C(=O)O)[C@@H](O[C@H]2O[C@H](COS(=O)(=O)O)[C@@H](O[C@@H]3O[C@@H](C(=O)O)[C@@H](O[C@H]4O[C@H](COS(=O)(=O)O)[C@@H](O)[C@H](O)[C@H]4NS(=O)(=O)O)[C@H](O)[C@H]3OS(=O)(=O)O)[C@H](O)[C@H]2NS(=O)(=O)O)[C@H](O)[C@H]1OS(=O)(=O)O. The molecule has 0 bridgehead atoms. The lowest BCUT2D eigenvalue weighted by Gasteiger charge is -2.49.